The summed E-state index contributed by atoms with van der Waals surface area (Å²) in [7, 11) is -3.56. The van der Waals surface area contributed by atoms with E-state index in [1.165, 1.54) is 28.6 Å². The highest BCUT2D eigenvalue weighted by molar-refractivity contribution is 7.89. The van der Waals surface area contributed by atoms with Gasteiger partial charge >= 0.3 is 0 Å². The summed E-state index contributed by atoms with van der Waals surface area (Å²) < 4.78 is 31.7. The number of nitrogens with one attached hydrogen (secondary N) is 1. The zero-order chi connectivity index (χ0) is 17.9. The van der Waals surface area contributed by atoms with E-state index in [1.54, 1.807) is 12.3 Å². The van der Waals surface area contributed by atoms with Crippen LogP contribution in [0.5, 0.6) is 0 Å². The third-order valence-electron chi connectivity index (χ3n) is 3.88. The molecule has 1 N–H and O–H groups in total. The summed E-state index contributed by atoms with van der Waals surface area (Å²) in [6, 6.07) is 9.49. The van der Waals surface area contributed by atoms with Crippen LogP contribution in [0.25, 0.3) is 0 Å². The van der Waals surface area contributed by atoms with Crippen LogP contribution >= 0.6 is 0 Å². The number of nitrogens with zero attached hydrogens (tertiary/aromatic N) is 2. The Morgan fingerprint density at radius 3 is 2.48 bits per heavy atom. The molecule has 7 nitrogen and oxygen atoms in total. The lowest BCUT2D eigenvalue weighted by atomic mass is 10.2. The Kier molecular flexibility index (Phi) is 5.12. The van der Waals surface area contributed by atoms with Crippen molar-refractivity contribution in [3.63, 3.8) is 0 Å². The standard InChI is InChI=1S/C17H19N3O4S/c1-13-6-7-18-16(12-13)19-17(21)14-2-4-15(5-3-14)25(22,23)20-8-10-24-11-9-20/h2-7,12H,8-11H2,1H3,(H,18,19,21). The second-order valence-electron chi connectivity index (χ2n) is 5.71. The van der Waals surface area contributed by atoms with Crippen LogP contribution in [0.15, 0.2) is 47.5 Å². The molecule has 1 aliphatic rings. The topological polar surface area (TPSA) is 88.6 Å². The Labute approximate surface area is 146 Å². The molecule has 1 aliphatic heterocycles. The Bertz CT molecular complexity index is 860. The Morgan fingerprint density at radius 2 is 1.84 bits per heavy atom. The van der Waals surface area contributed by atoms with E-state index in [4.69, 9.17) is 4.74 Å². The zero-order valence-corrected chi connectivity index (χ0v) is 14.6. The molecule has 25 heavy (non-hydrogen) atoms. The summed E-state index contributed by atoms with van der Waals surface area (Å²) in [6.45, 7) is 3.36. The van der Waals surface area contributed by atoms with Crippen molar-refractivity contribution in [3.8, 4) is 0 Å². The lowest BCUT2D eigenvalue weighted by Crippen LogP contribution is -2.40. The number of rotatable bonds is 4. The van der Waals surface area contributed by atoms with Gasteiger partial charge in [-0.2, -0.15) is 4.31 Å². The van der Waals surface area contributed by atoms with Crippen molar-refractivity contribution < 1.29 is 17.9 Å². The Morgan fingerprint density at radius 1 is 1.16 bits per heavy atom. The summed E-state index contributed by atoms with van der Waals surface area (Å²) in [4.78, 5) is 16.5. The fraction of sp³-hybridized carbons (Fsp3) is 0.294. The van der Waals surface area contributed by atoms with E-state index in [1.807, 2.05) is 13.0 Å². The largest absolute Gasteiger partial charge is 0.379 e. The fourth-order valence-corrected chi connectivity index (χ4v) is 3.92. The van der Waals surface area contributed by atoms with Gasteiger partial charge in [0.2, 0.25) is 10.0 Å². The number of hydrogen-bond donors (Lipinski definition) is 1. The SMILES string of the molecule is Cc1ccnc(NC(=O)c2ccc(S(=O)(=O)N3CCOCC3)cc2)c1. The van der Waals surface area contributed by atoms with Gasteiger partial charge in [0, 0.05) is 24.8 Å². The molecule has 0 bridgehead atoms. The third-order valence-corrected chi connectivity index (χ3v) is 5.79. The molecule has 0 radical (unpaired) electrons. The van der Waals surface area contributed by atoms with Gasteiger partial charge in [-0.15, -0.1) is 0 Å². The third kappa shape index (κ3) is 4.04. The van der Waals surface area contributed by atoms with Gasteiger partial charge in [-0.3, -0.25) is 4.79 Å². The molecule has 0 atom stereocenters. The van der Waals surface area contributed by atoms with Crippen LogP contribution in [0.2, 0.25) is 0 Å². The van der Waals surface area contributed by atoms with Crippen molar-refractivity contribution in [2.24, 2.45) is 0 Å². The average molecular weight is 361 g/mol. The number of hydrogen-bond acceptors (Lipinski definition) is 5. The van der Waals surface area contributed by atoms with Crippen molar-refractivity contribution >= 4 is 21.7 Å². The fourth-order valence-electron chi connectivity index (χ4n) is 2.51. The predicted octanol–water partition coefficient (Wildman–Crippen LogP) is 1.66. The van der Waals surface area contributed by atoms with Gasteiger partial charge < -0.3 is 10.1 Å². The summed E-state index contributed by atoms with van der Waals surface area (Å²) in [6.07, 6.45) is 1.61. The van der Waals surface area contributed by atoms with Crippen LogP contribution < -0.4 is 5.32 Å². The maximum Gasteiger partial charge on any atom is 0.256 e. The molecule has 1 saturated heterocycles. The predicted molar refractivity (Wildman–Crippen MR) is 92.9 cm³/mol. The quantitative estimate of drug-likeness (QED) is 0.895. The Hall–Kier alpha value is -2.29. The molecular weight excluding hydrogens is 342 g/mol. The number of amides is 1. The number of morpholine rings is 1. The molecule has 1 aromatic carbocycles. The monoisotopic (exact) mass is 361 g/mol. The van der Waals surface area contributed by atoms with Crippen LogP contribution in [0.1, 0.15) is 15.9 Å². The molecule has 2 aromatic rings. The van der Waals surface area contributed by atoms with E-state index in [-0.39, 0.29) is 10.8 Å². The van der Waals surface area contributed by atoms with Crippen LogP contribution in [0, 0.1) is 6.92 Å². The first kappa shape index (κ1) is 17.5. The first-order chi connectivity index (χ1) is 12.0. The molecule has 0 aliphatic carbocycles. The van der Waals surface area contributed by atoms with Crippen molar-refractivity contribution in [2.45, 2.75) is 11.8 Å². The van der Waals surface area contributed by atoms with E-state index in [0.717, 1.165) is 5.56 Å². The first-order valence-electron chi connectivity index (χ1n) is 7.89. The molecule has 132 valence electrons. The van der Waals surface area contributed by atoms with Gasteiger partial charge in [-0.05, 0) is 48.9 Å². The smallest absolute Gasteiger partial charge is 0.256 e. The highest BCUT2D eigenvalue weighted by Crippen LogP contribution is 2.18. The molecule has 0 saturated carbocycles. The van der Waals surface area contributed by atoms with Crippen LogP contribution in [0.3, 0.4) is 0 Å². The van der Waals surface area contributed by atoms with Crippen LogP contribution in [0.4, 0.5) is 5.82 Å². The van der Waals surface area contributed by atoms with Gasteiger partial charge in [0.25, 0.3) is 5.91 Å². The number of anilines is 1. The minimum Gasteiger partial charge on any atom is -0.379 e. The number of sulfonamides is 1. The first-order valence-corrected chi connectivity index (χ1v) is 9.33. The normalized spacial score (nSPS) is 15.7. The summed E-state index contributed by atoms with van der Waals surface area (Å²) in [5.74, 6) is 0.114. The highest BCUT2D eigenvalue weighted by Gasteiger charge is 2.26. The average Bonchev–Trinajstić information content (AvgIpc) is 2.62. The molecule has 8 heteroatoms. The molecule has 3 rings (SSSR count). The van der Waals surface area contributed by atoms with E-state index in [2.05, 4.69) is 10.3 Å². The lowest BCUT2D eigenvalue weighted by molar-refractivity contribution is 0.0730. The molecule has 0 spiro atoms. The van der Waals surface area contributed by atoms with E-state index >= 15 is 0 Å². The van der Waals surface area contributed by atoms with Crippen molar-refractivity contribution in [1.82, 2.24) is 9.29 Å². The van der Waals surface area contributed by atoms with Crippen molar-refractivity contribution in [2.75, 3.05) is 31.6 Å². The molecule has 1 aromatic heterocycles. The molecule has 0 unspecified atom stereocenters. The minimum atomic E-state index is -3.56. The maximum atomic E-state index is 12.6. The number of carbonyl (C=O) groups excluding carboxylic acids is 1. The van der Waals surface area contributed by atoms with Crippen LogP contribution in [-0.4, -0.2) is 49.9 Å². The summed E-state index contributed by atoms with van der Waals surface area (Å²) in [5.41, 5.74) is 1.35. The van der Waals surface area contributed by atoms with Gasteiger partial charge in [0.05, 0.1) is 18.1 Å². The second kappa shape index (κ2) is 7.30. The number of aryl methyl sites for hydroxylation is 1. The number of ether oxygens (including phenoxy) is 1. The zero-order valence-electron chi connectivity index (χ0n) is 13.8. The minimum absolute atomic E-state index is 0.166. The van der Waals surface area contributed by atoms with E-state index < -0.39 is 10.0 Å². The van der Waals surface area contributed by atoms with E-state index in [9.17, 15) is 13.2 Å². The number of benzene rings is 1. The lowest BCUT2D eigenvalue weighted by Gasteiger charge is -2.26. The molecular formula is C17H19N3O4S. The molecule has 1 amide bonds. The second-order valence-corrected chi connectivity index (χ2v) is 7.65. The number of pyridine rings is 1. The number of carbonyl (C=O) groups is 1. The summed E-state index contributed by atoms with van der Waals surface area (Å²) >= 11 is 0. The van der Waals surface area contributed by atoms with Gasteiger partial charge in [-0.25, -0.2) is 13.4 Å². The highest BCUT2D eigenvalue weighted by atomic mass is 32.2. The van der Waals surface area contributed by atoms with Crippen LogP contribution in [-0.2, 0) is 14.8 Å². The van der Waals surface area contributed by atoms with Crippen molar-refractivity contribution in [3.05, 3.63) is 53.7 Å². The van der Waals surface area contributed by atoms with Crippen molar-refractivity contribution in [1.29, 1.82) is 0 Å². The van der Waals surface area contributed by atoms with Gasteiger partial charge in [0.15, 0.2) is 0 Å². The number of aromatic nitrogens is 1. The van der Waals surface area contributed by atoms with Gasteiger partial charge in [-0.1, -0.05) is 0 Å². The maximum absolute atomic E-state index is 12.6. The van der Waals surface area contributed by atoms with Gasteiger partial charge in [0.1, 0.15) is 5.82 Å². The summed E-state index contributed by atoms with van der Waals surface area (Å²) in [5, 5.41) is 2.69. The molecule has 2 heterocycles. The molecule has 1 fully saturated rings. The Balaban J connectivity index is 1.74. The van der Waals surface area contributed by atoms with E-state index in [0.29, 0.717) is 37.7 Å².